The zero-order valence-electron chi connectivity index (χ0n) is 12.5. The Morgan fingerprint density at radius 1 is 1.43 bits per heavy atom. The number of carbonyl (C=O) groups is 1. The Balaban J connectivity index is 1.98. The molecule has 0 heterocycles. The highest BCUT2D eigenvalue weighted by Gasteiger charge is 2.19. The van der Waals surface area contributed by atoms with Gasteiger partial charge in [-0.1, -0.05) is 37.8 Å². The van der Waals surface area contributed by atoms with Gasteiger partial charge in [0.25, 0.3) is 5.91 Å². The lowest BCUT2D eigenvalue weighted by Crippen LogP contribution is -2.19. The number of primary amides is 1. The maximum Gasteiger partial charge on any atom is 0.250 e. The van der Waals surface area contributed by atoms with E-state index in [-0.39, 0.29) is 0 Å². The van der Waals surface area contributed by atoms with Crippen LogP contribution < -0.4 is 16.8 Å². The van der Waals surface area contributed by atoms with Crippen LogP contribution in [0.4, 0.5) is 11.4 Å². The van der Waals surface area contributed by atoms with Crippen LogP contribution in [0.5, 0.6) is 0 Å². The number of amides is 1. The van der Waals surface area contributed by atoms with Crippen LogP contribution in [0.1, 0.15) is 49.4 Å². The molecule has 1 amide bonds. The molecule has 2 rings (SSSR count). The van der Waals surface area contributed by atoms with Crippen LogP contribution in [0.15, 0.2) is 12.1 Å². The second kappa shape index (κ2) is 7.03. The second-order valence-electron chi connectivity index (χ2n) is 6.14. The van der Waals surface area contributed by atoms with Gasteiger partial charge in [0.15, 0.2) is 0 Å². The predicted molar refractivity (Wildman–Crippen MR) is 88.6 cm³/mol. The van der Waals surface area contributed by atoms with Crippen molar-refractivity contribution < 1.29 is 4.79 Å². The third-order valence-corrected chi connectivity index (χ3v) is 4.58. The van der Waals surface area contributed by atoms with Crippen molar-refractivity contribution in [2.45, 2.75) is 39.0 Å². The Labute approximate surface area is 131 Å². The monoisotopic (exact) mass is 309 g/mol. The van der Waals surface area contributed by atoms with E-state index in [1.807, 2.05) is 0 Å². The topological polar surface area (TPSA) is 81.1 Å². The van der Waals surface area contributed by atoms with Crippen LogP contribution >= 0.6 is 11.6 Å². The van der Waals surface area contributed by atoms with Gasteiger partial charge in [-0.3, -0.25) is 4.79 Å². The normalized spacial score (nSPS) is 22.0. The van der Waals surface area contributed by atoms with Crippen molar-refractivity contribution in [3.8, 4) is 0 Å². The van der Waals surface area contributed by atoms with E-state index in [9.17, 15) is 4.79 Å². The molecule has 116 valence electrons. The van der Waals surface area contributed by atoms with Gasteiger partial charge in [-0.25, -0.2) is 0 Å². The van der Waals surface area contributed by atoms with Crippen molar-refractivity contribution in [3.05, 3.63) is 22.7 Å². The standard InChI is InChI=1S/C16H24ClN3O/c1-10-3-2-4-11(7-10)5-6-20-15-13(16(19)21)8-12(18)9-14(15)17/h8-11,20H,2-7,18H2,1H3,(H2,19,21). The van der Waals surface area contributed by atoms with E-state index < -0.39 is 5.91 Å². The number of halogens is 1. The zero-order valence-corrected chi connectivity index (χ0v) is 13.2. The van der Waals surface area contributed by atoms with Gasteiger partial charge in [-0.15, -0.1) is 0 Å². The molecule has 5 heteroatoms. The number of nitrogens with one attached hydrogen (secondary N) is 1. The van der Waals surface area contributed by atoms with Crippen LogP contribution in [-0.4, -0.2) is 12.5 Å². The lowest BCUT2D eigenvalue weighted by Gasteiger charge is -2.27. The molecule has 1 aromatic carbocycles. The minimum Gasteiger partial charge on any atom is -0.399 e. The highest BCUT2D eigenvalue weighted by atomic mass is 35.5. The third kappa shape index (κ3) is 4.27. The van der Waals surface area contributed by atoms with Crippen molar-refractivity contribution in [3.63, 3.8) is 0 Å². The Bertz CT molecular complexity index is 518. The molecule has 0 radical (unpaired) electrons. The van der Waals surface area contributed by atoms with Crippen molar-refractivity contribution >= 4 is 28.9 Å². The number of hydrogen-bond donors (Lipinski definition) is 3. The number of rotatable bonds is 5. The number of anilines is 2. The maximum atomic E-state index is 11.5. The fraction of sp³-hybridized carbons (Fsp3) is 0.562. The van der Waals surface area contributed by atoms with E-state index >= 15 is 0 Å². The SMILES string of the molecule is CC1CCCC(CCNc2c(Cl)cc(N)cc2C(N)=O)C1. The lowest BCUT2D eigenvalue weighted by molar-refractivity contribution is 0.100. The van der Waals surface area contributed by atoms with Gasteiger partial charge in [0.1, 0.15) is 0 Å². The number of hydrogen-bond acceptors (Lipinski definition) is 3. The summed E-state index contributed by atoms with van der Waals surface area (Å²) in [5.41, 5.74) is 12.5. The highest BCUT2D eigenvalue weighted by molar-refractivity contribution is 6.34. The molecule has 0 saturated heterocycles. The minimum absolute atomic E-state index is 0.358. The largest absolute Gasteiger partial charge is 0.399 e. The molecule has 0 aliphatic heterocycles. The number of carbonyl (C=O) groups excluding carboxylic acids is 1. The van der Waals surface area contributed by atoms with E-state index in [0.29, 0.717) is 22.0 Å². The molecule has 5 N–H and O–H groups in total. The smallest absolute Gasteiger partial charge is 0.250 e. The summed E-state index contributed by atoms with van der Waals surface area (Å²) in [5, 5.41) is 3.71. The Morgan fingerprint density at radius 3 is 2.86 bits per heavy atom. The predicted octanol–water partition coefficient (Wildman–Crippen LogP) is 3.65. The molecule has 1 aliphatic rings. The van der Waals surface area contributed by atoms with Crippen molar-refractivity contribution in [2.24, 2.45) is 17.6 Å². The molecule has 1 saturated carbocycles. The van der Waals surface area contributed by atoms with E-state index in [2.05, 4.69) is 12.2 Å². The van der Waals surface area contributed by atoms with Gasteiger partial charge in [-0.2, -0.15) is 0 Å². The van der Waals surface area contributed by atoms with Crippen molar-refractivity contribution in [1.29, 1.82) is 0 Å². The summed E-state index contributed by atoms with van der Waals surface area (Å²) in [4.78, 5) is 11.5. The average Bonchev–Trinajstić information content (AvgIpc) is 2.40. The first-order valence-electron chi connectivity index (χ1n) is 7.60. The second-order valence-corrected chi connectivity index (χ2v) is 6.55. The van der Waals surface area contributed by atoms with Crippen LogP contribution in [-0.2, 0) is 0 Å². The number of nitrogens with two attached hydrogens (primary N) is 2. The molecule has 21 heavy (non-hydrogen) atoms. The Kier molecular flexibility index (Phi) is 5.34. The summed E-state index contributed by atoms with van der Waals surface area (Å²) in [7, 11) is 0. The quantitative estimate of drug-likeness (QED) is 0.726. The fourth-order valence-corrected chi connectivity index (χ4v) is 3.52. The molecular formula is C16H24ClN3O. The molecule has 0 aromatic heterocycles. The maximum absolute atomic E-state index is 11.5. The number of benzene rings is 1. The summed E-state index contributed by atoms with van der Waals surface area (Å²) in [6, 6.07) is 3.21. The van der Waals surface area contributed by atoms with E-state index in [1.54, 1.807) is 12.1 Å². The first-order valence-corrected chi connectivity index (χ1v) is 7.98. The Morgan fingerprint density at radius 2 is 2.19 bits per heavy atom. The fourth-order valence-electron chi connectivity index (χ4n) is 3.22. The average molecular weight is 310 g/mol. The Hall–Kier alpha value is -1.42. The number of nitrogen functional groups attached to an aromatic ring is 1. The zero-order chi connectivity index (χ0) is 15.4. The third-order valence-electron chi connectivity index (χ3n) is 4.28. The van der Waals surface area contributed by atoms with Gasteiger partial charge < -0.3 is 16.8 Å². The summed E-state index contributed by atoms with van der Waals surface area (Å²) >= 11 is 6.17. The summed E-state index contributed by atoms with van der Waals surface area (Å²) < 4.78 is 0. The van der Waals surface area contributed by atoms with Crippen molar-refractivity contribution in [2.75, 3.05) is 17.6 Å². The molecular weight excluding hydrogens is 286 g/mol. The lowest BCUT2D eigenvalue weighted by atomic mass is 9.81. The van der Waals surface area contributed by atoms with Gasteiger partial charge in [0, 0.05) is 12.2 Å². The first-order chi connectivity index (χ1) is 9.97. The molecule has 0 bridgehead atoms. The summed E-state index contributed by atoms with van der Waals surface area (Å²) in [6.45, 7) is 3.11. The van der Waals surface area contributed by atoms with Gasteiger partial charge in [0.2, 0.25) is 0 Å². The van der Waals surface area contributed by atoms with Gasteiger partial charge >= 0.3 is 0 Å². The molecule has 2 unspecified atom stereocenters. The molecule has 1 aromatic rings. The molecule has 0 spiro atoms. The van der Waals surface area contributed by atoms with Crippen LogP contribution in [0.2, 0.25) is 5.02 Å². The minimum atomic E-state index is -0.516. The van der Waals surface area contributed by atoms with Crippen LogP contribution in [0.25, 0.3) is 0 Å². The highest BCUT2D eigenvalue weighted by Crippen LogP contribution is 2.32. The summed E-state index contributed by atoms with van der Waals surface area (Å²) in [5.74, 6) is 1.06. The van der Waals surface area contributed by atoms with Crippen LogP contribution in [0.3, 0.4) is 0 Å². The van der Waals surface area contributed by atoms with Gasteiger partial charge in [0.05, 0.1) is 16.3 Å². The van der Waals surface area contributed by atoms with Gasteiger partial charge in [-0.05, 0) is 36.8 Å². The van der Waals surface area contributed by atoms with E-state index in [0.717, 1.165) is 24.8 Å². The van der Waals surface area contributed by atoms with E-state index in [1.165, 1.54) is 25.7 Å². The molecule has 1 fully saturated rings. The summed E-state index contributed by atoms with van der Waals surface area (Å²) in [6.07, 6.45) is 6.34. The molecule has 2 atom stereocenters. The molecule has 1 aliphatic carbocycles. The first kappa shape index (κ1) is 16.0. The van der Waals surface area contributed by atoms with Crippen LogP contribution in [0, 0.1) is 11.8 Å². The molecule has 4 nitrogen and oxygen atoms in total. The van der Waals surface area contributed by atoms with E-state index in [4.69, 9.17) is 23.1 Å². The van der Waals surface area contributed by atoms with Crippen molar-refractivity contribution in [1.82, 2.24) is 0 Å².